The van der Waals surface area contributed by atoms with E-state index < -0.39 is 23.3 Å². The summed E-state index contributed by atoms with van der Waals surface area (Å²) in [5.74, 6) is -1.57. The molecule has 26 heavy (non-hydrogen) atoms. The number of carbonyl (C=O) groups is 4. The van der Waals surface area contributed by atoms with Gasteiger partial charge < -0.3 is 15.8 Å². The highest BCUT2D eigenvalue weighted by atomic mass is 16.5. The quantitative estimate of drug-likeness (QED) is 0.709. The second kappa shape index (κ2) is 6.53. The van der Waals surface area contributed by atoms with Gasteiger partial charge in [0, 0.05) is 12.1 Å². The van der Waals surface area contributed by atoms with Gasteiger partial charge in [-0.1, -0.05) is 13.8 Å². The molecule has 0 atom stereocenters. The van der Waals surface area contributed by atoms with Gasteiger partial charge in [0.15, 0.2) is 0 Å². The lowest BCUT2D eigenvalue weighted by Crippen LogP contribution is -2.63. The molecule has 1 aromatic rings. The highest BCUT2D eigenvalue weighted by molar-refractivity contribution is 6.22. The standard InChI is InChI=1S/C18H21N3O5/c1-10(2)7-21-16(24)12-4-3-11(5-13(12)17(21)25)15(23)20-18(6-14(19)22)8-26-9-18/h3-5,10H,6-9H2,1-2H3,(H2,19,22)(H,20,23). The molecule has 8 heteroatoms. The number of nitrogens with two attached hydrogens (primary N) is 1. The van der Waals surface area contributed by atoms with Crippen molar-refractivity contribution >= 4 is 23.6 Å². The average molecular weight is 359 g/mol. The molecule has 0 aromatic heterocycles. The first-order chi connectivity index (χ1) is 12.2. The number of ether oxygens (including phenoxy) is 1. The van der Waals surface area contributed by atoms with Gasteiger partial charge in [-0.15, -0.1) is 0 Å². The van der Waals surface area contributed by atoms with Crippen LogP contribution in [0.2, 0.25) is 0 Å². The molecule has 0 saturated carbocycles. The van der Waals surface area contributed by atoms with E-state index in [0.29, 0.717) is 12.1 Å². The minimum absolute atomic E-state index is 0.0245. The van der Waals surface area contributed by atoms with Crippen molar-refractivity contribution in [2.75, 3.05) is 19.8 Å². The molecular weight excluding hydrogens is 338 g/mol. The second-order valence-corrected chi connectivity index (χ2v) is 7.25. The van der Waals surface area contributed by atoms with Crippen molar-refractivity contribution in [1.82, 2.24) is 10.2 Å². The summed E-state index contributed by atoms with van der Waals surface area (Å²) in [7, 11) is 0. The van der Waals surface area contributed by atoms with E-state index in [9.17, 15) is 19.2 Å². The van der Waals surface area contributed by atoms with Gasteiger partial charge in [0.2, 0.25) is 5.91 Å². The van der Waals surface area contributed by atoms with Crippen molar-refractivity contribution in [3.63, 3.8) is 0 Å². The van der Waals surface area contributed by atoms with Crippen LogP contribution in [-0.4, -0.2) is 53.8 Å². The predicted molar refractivity (Wildman–Crippen MR) is 91.5 cm³/mol. The highest BCUT2D eigenvalue weighted by Crippen LogP contribution is 2.26. The Morgan fingerprint density at radius 1 is 1.23 bits per heavy atom. The van der Waals surface area contributed by atoms with Gasteiger partial charge in [0.25, 0.3) is 17.7 Å². The van der Waals surface area contributed by atoms with Crippen LogP contribution in [0, 0.1) is 5.92 Å². The number of primary amides is 1. The first-order valence-corrected chi connectivity index (χ1v) is 8.41. The van der Waals surface area contributed by atoms with Crippen molar-refractivity contribution in [2.24, 2.45) is 11.7 Å². The zero-order valence-corrected chi connectivity index (χ0v) is 14.7. The Hall–Kier alpha value is -2.74. The molecule has 2 aliphatic rings. The van der Waals surface area contributed by atoms with Crippen molar-refractivity contribution in [3.8, 4) is 0 Å². The van der Waals surface area contributed by atoms with E-state index in [1.165, 1.54) is 23.1 Å². The lowest BCUT2D eigenvalue weighted by molar-refractivity contribution is -0.127. The third-order valence-electron chi connectivity index (χ3n) is 4.43. The lowest BCUT2D eigenvalue weighted by atomic mass is 9.92. The van der Waals surface area contributed by atoms with Gasteiger partial charge >= 0.3 is 0 Å². The van der Waals surface area contributed by atoms with Crippen LogP contribution in [0.1, 0.15) is 51.3 Å². The summed E-state index contributed by atoms with van der Waals surface area (Å²) in [6.07, 6.45) is -0.0245. The molecule has 0 bridgehead atoms. The van der Waals surface area contributed by atoms with E-state index in [1.54, 1.807) is 0 Å². The van der Waals surface area contributed by atoms with Gasteiger partial charge in [0.05, 0.1) is 36.3 Å². The van der Waals surface area contributed by atoms with Crippen LogP contribution in [0.4, 0.5) is 0 Å². The number of rotatable bonds is 6. The summed E-state index contributed by atoms with van der Waals surface area (Å²) in [6, 6.07) is 4.40. The van der Waals surface area contributed by atoms with E-state index >= 15 is 0 Å². The Morgan fingerprint density at radius 3 is 2.42 bits per heavy atom. The summed E-state index contributed by atoms with van der Waals surface area (Å²) in [6.45, 7) is 4.56. The minimum atomic E-state index is -0.814. The van der Waals surface area contributed by atoms with Crippen molar-refractivity contribution in [3.05, 3.63) is 34.9 Å². The fourth-order valence-electron chi connectivity index (χ4n) is 3.18. The summed E-state index contributed by atoms with van der Waals surface area (Å²) >= 11 is 0. The number of nitrogens with one attached hydrogen (secondary N) is 1. The number of hydrogen-bond acceptors (Lipinski definition) is 5. The smallest absolute Gasteiger partial charge is 0.261 e. The van der Waals surface area contributed by atoms with E-state index in [2.05, 4.69) is 5.32 Å². The van der Waals surface area contributed by atoms with Crippen LogP contribution >= 0.6 is 0 Å². The summed E-state index contributed by atoms with van der Waals surface area (Å²) in [5.41, 5.74) is 5.18. The van der Waals surface area contributed by atoms with E-state index in [0.717, 1.165) is 0 Å². The monoisotopic (exact) mass is 359 g/mol. The zero-order chi connectivity index (χ0) is 19.1. The molecule has 1 aromatic carbocycles. The molecule has 2 heterocycles. The lowest BCUT2D eigenvalue weighted by Gasteiger charge is -2.41. The van der Waals surface area contributed by atoms with Crippen LogP contribution < -0.4 is 11.1 Å². The Kier molecular flexibility index (Phi) is 4.53. The average Bonchev–Trinajstić information content (AvgIpc) is 2.76. The second-order valence-electron chi connectivity index (χ2n) is 7.25. The number of imide groups is 1. The Morgan fingerprint density at radius 2 is 1.88 bits per heavy atom. The maximum atomic E-state index is 12.6. The highest BCUT2D eigenvalue weighted by Gasteiger charge is 2.42. The molecular formula is C18H21N3O5. The maximum Gasteiger partial charge on any atom is 0.261 e. The predicted octanol–water partition coefficient (Wildman–Crippen LogP) is 0.313. The molecule has 138 valence electrons. The maximum absolute atomic E-state index is 12.6. The summed E-state index contributed by atoms with van der Waals surface area (Å²) < 4.78 is 5.10. The molecule has 1 saturated heterocycles. The number of amides is 4. The van der Waals surface area contributed by atoms with Crippen LogP contribution in [0.3, 0.4) is 0 Å². The molecule has 2 aliphatic heterocycles. The fourth-order valence-corrected chi connectivity index (χ4v) is 3.18. The molecule has 4 amide bonds. The van der Waals surface area contributed by atoms with Crippen molar-refractivity contribution in [1.29, 1.82) is 0 Å². The molecule has 0 spiro atoms. The molecule has 1 fully saturated rings. The normalized spacial score (nSPS) is 17.9. The Balaban J connectivity index is 1.81. The third kappa shape index (κ3) is 3.20. The van der Waals surface area contributed by atoms with E-state index in [4.69, 9.17) is 10.5 Å². The van der Waals surface area contributed by atoms with Gasteiger partial charge in [-0.3, -0.25) is 24.1 Å². The van der Waals surface area contributed by atoms with Crippen LogP contribution in [0.5, 0.6) is 0 Å². The Labute approximate surface area is 150 Å². The van der Waals surface area contributed by atoms with Crippen molar-refractivity contribution < 1.29 is 23.9 Å². The topological polar surface area (TPSA) is 119 Å². The van der Waals surface area contributed by atoms with Crippen LogP contribution in [0.15, 0.2) is 18.2 Å². The first kappa shape index (κ1) is 18.1. The molecule has 0 aliphatic carbocycles. The zero-order valence-electron chi connectivity index (χ0n) is 14.7. The fraction of sp³-hybridized carbons (Fsp3) is 0.444. The van der Waals surface area contributed by atoms with Crippen LogP contribution in [0.25, 0.3) is 0 Å². The first-order valence-electron chi connectivity index (χ1n) is 8.41. The van der Waals surface area contributed by atoms with Gasteiger partial charge in [-0.05, 0) is 24.1 Å². The summed E-state index contributed by atoms with van der Waals surface area (Å²) in [5, 5.41) is 2.76. The number of fused-ring (bicyclic) bond motifs is 1. The summed E-state index contributed by atoms with van der Waals surface area (Å²) in [4.78, 5) is 49.8. The van der Waals surface area contributed by atoms with Gasteiger partial charge in [0.1, 0.15) is 0 Å². The third-order valence-corrected chi connectivity index (χ3v) is 4.43. The molecule has 3 rings (SSSR count). The van der Waals surface area contributed by atoms with Crippen LogP contribution in [-0.2, 0) is 9.53 Å². The van der Waals surface area contributed by atoms with Crippen molar-refractivity contribution in [2.45, 2.75) is 25.8 Å². The molecule has 0 unspecified atom stereocenters. The molecule has 8 nitrogen and oxygen atoms in total. The minimum Gasteiger partial charge on any atom is -0.376 e. The van der Waals surface area contributed by atoms with E-state index in [-0.39, 0.29) is 42.6 Å². The SMILES string of the molecule is CC(C)CN1C(=O)c2ccc(C(=O)NC3(CC(N)=O)COC3)cc2C1=O. The Bertz CT molecular complexity index is 798. The number of nitrogens with zero attached hydrogens (tertiary/aromatic N) is 1. The molecule has 3 N–H and O–H groups in total. The molecule has 0 radical (unpaired) electrons. The number of hydrogen-bond donors (Lipinski definition) is 2. The van der Waals surface area contributed by atoms with E-state index in [1.807, 2.05) is 13.8 Å². The number of benzene rings is 1. The largest absolute Gasteiger partial charge is 0.376 e. The van der Waals surface area contributed by atoms with Gasteiger partial charge in [-0.2, -0.15) is 0 Å². The number of carbonyl (C=O) groups excluding carboxylic acids is 4. The van der Waals surface area contributed by atoms with Gasteiger partial charge in [-0.25, -0.2) is 0 Å².